The molecule has 4 rings (SSSR count). The molecule has 6 heteroatoms. The van der Waals surface area contributed by atoms with Crippen molar-refractivity contribution in [1.82, 2.24) is 14.9 Å². The third-order valence-electron chi connectivity index (χ3n) is 5.37. The fraction of sp³-hybridized carbons (Fsp3) is 0.208. The smallest absolute Gasteiger partial charge is 0.258 e. The molecular formula is C24H23N3O3. The molecule has 0 aliphatic carbocycles. The summed E-state index contributed by atoms with van der Waals surface area (Å²) < 4.78 is 5.27. The molecule has 1 amide bonds. The maximum absolute atomic E-state index is 13.0. The zero-order valence-corrected chi connectivity index (χ0v) is 17.2. The van der Waals surface area contributed by atoms with Crippen molar-refractivity contribution in [2.75, 3.05) is 14.2 Å². The Morgan fingerprint density at radius 3 is 2.63 bits per heavy atom. The molecule has 6 nitrogen and oxygen atoms in total. The summed E-state index contributed by atoms with van der Waals surface area (Å²) >= 11 is 0. The molecule has 0 fully saturated rings. The van der Waals surface area contributed by atoms with Gasteiger partial charge in [0.15, 0.2) is 0 Å². The lowest BCUT2D eigenvalue weighted by Gasteiger charge is -2.21. The number of H-pyrrole nitrogens is 1. The second kappa shape index (κ2) is 7.99. The number of aromatic amines is 1. The van der Waals surface area contributed by atoms with Gasteiger partial charge in [-0.1, -0.05) is 36.4 Å². The van der Waals surface area contributed by atoms with E-state index in [1.54, 1.807) is 37.3 Å². The number of para-hydroxylation sites is 1. The number of aromatic nitrogens is 2. The number of ether oxygens (including phenoxy) is 1. The maximum atomic E-state index is 13.0. The van der Waals surface area contributed by atoms with Gasteiger partial charge < -0.3 is 14.6 Å². The Bertz CT molecular complexity index is 1300. The first-order valence-corrected chi connectivity index (χ1v) is 9.77. The van der Waals surface area contributed by atoms with Crippen LogP contribution >= 0.6 is 0 Å². The highest BCUT2D eigenvalue weighted by molar-refractivity contribution is 5.88. The molecule has 0 bridgehead atoms. The summed E-state index contributed by atoms with van der Waals surface area (Å²) in [5.74, 6) is 0.899. The summed E-state index contributed by atoms with van der Waals surface area (Å²) in [6, 6.07) is 19.0. The molecule has 0 radical (unpaired) electrons. The number of amides is 1. The van der Waals surface area contributed by atoms with E-state index in [2.05, 4.69) is 9.97 Å². The SMILES string of the molecule is COc1ccc2cc([C@@H](C)C(=O)N(C)Cc3nc4ccccc4c(=O)[nH]3)ccc2c1. The van der Waals surface area contributed by atoms with Crippen LogP contribution in [-0.4, -0.2) is 34.9 Å². The molecule has 0 unspecified atom stereocenters. The van der Waals surface area contributed by atoms with Gasteiger partial charge in [0.2, 0.25) is 5.91 Å². The van der Waals surface area contributed by atoms with E-state index in [0.717, 1.165) is 22.1 Å². The minimum Gasteiger partial charge on any atom is -0.497 e. The Morgan fingerprint density at radius 1 is 1.10 bits per heavy atom. The molecule has 30 heavy (non-hydrogen) atoms. The molecule has 0 saturated heterocycles. The van der Waals surface area contributed by atoms with Crippen LogP contribution in [-0.2, 0) is 11.3 Å². The highest BCUT2D eigenvalue weighted by atomic mass is 16.5. The second-order valence-corrected chi connectivity index (χ2v) is 7.42. The first-order valence-electron chi connectivity index (χ1n) is 9.77. The van der Waals surface area contributed by atoms with Crippen LogP contribution in [0.25, 0.3) is 21.7 Å². The lowest BCUT2D eigenvalue weighted by molar-refractivity contribution is -0.131. The van der Waals surface area contributed by atoms with Crippen molar-refractivity contribution < 1.29 is 9.53 Å². The van der Waals surface area contributed by atoms with E-state index >= 15 is 0 Å². The maximum Gasteiger partial charge on any atom is 0.258 e. The number of likely N-dealkylation sites (N-methyl/N-ethyl adjacent to an activating group) is 1. The molecule has 4 aromatic rings. The first-order chi connectivity index (χ1) is 14.5. The number of nitrogens with one attached hydrogen (secondary N) is 1. The molecule has 3 aromatic carbocycles. The number of carbonyl (C=O) groups is 1. The number of methoxy groups -OCH3 is 1. The van der Waals surface area contributed by atoms with Crippen LogP contribution in [0.4, 0.5) is 0 Å². The molecular weight excluding hydrogens is 378 g/mol. The quantitative estimate of drug-likeness (QED) is 0.551. The molecule has 1 heterocycles. The van der Waals surface area contributed by atoms with E-state index in [0.29, 0.717) is 16.7 Å². The zero-order chi connectivity index (χ0) is 21.3. The van der Waals surface area contributed by atoms with Gasteiger partial charge in [-0.05, 0) is 47.5 Å². The van der Waals surface area contributed by atoms with Crippen LogP contribution in [0, 0.1) is 0 Å². The normalized spacial score (nSPS) is 12.1. The molecule has 1 aromatic heterocycles. The molecule has 1 N–H and O–H groups in total. The third-order valence-corrected chi connectivity index (χ3v) is 5.37. The topological polar surface area (TPSA) is 75.3 Å². The standard InChI is InChI=1S/C24H23N3O3/c1-15(16-8-9-18-13-19(30-3)11-10-17(18)12-16)24(29)27(2)14-22-25-21-7-5-4-6-20(21)23(28)26-22/h4-13,15H,14H2,1-3H3,(H,25,26,28)/t15-/m1/s1. The van der Waals surface area contributed by atoms with Crippen molar-refractivity contribution >= 4 is 27.6 Å². The summed E-state index contributed by atoms with van der Waals surface area (Å²) in [6.07, 6.45) is 0. The van der Waals surface area contributed by atoms with Crippen molar-refractivity contribution in [2.45, 2.75) is 19.4 Å². The van der Waals surface area contributed by atoms with E-state index in [-0.39, 0.29) is 23.9 Å². The number of hydrogen-bond donors (Lipinski definition) is 1. The van der Waals surface area contributed by atoms with E-state index in [1.165, 1.54) is 0 Å². The molecule has 152 valence electrons. The van der Waals surface area contributed by atoms with Gasteiger partial charge in [0.1, 0.15) is 11.6 Å². The van der Waals surface area contributed by atoms with Crippen LogP contribution in [0.5, 0.6) is 5.75 Å². The Hall–Kier alpha value is -3.67. The van der Waals surface area contributed by atoms with E-state index in [9.17, 15) is 9.59 Å². The predicted molar refractivity (Wildman–Crippen MR) is 118 cm³/mol. The van der Waals surface area contributed by atoms with Gasteiger partial charge in [-0.15, -0.1) is 0 Å². The van der Waals surface area contributed by atoms with E-state index < -0.39 is 0 Å². The van der Waals surface area contributed by atoms with Gasteiger partial charge in [-0.3, -0.25) is 9.59 Å². The molecule has 1 atom stereocenters. The zero-order valence-electron chi connectivity index (χ0n) is 17.2. The minimum absolute atomic E-state index is 0.0429. The van der Waals surface area contributed by atoms with E-state index in [1.807, 2.05) is 49.4 Å². The fourth-order valence-corrected chi connectivity index (χ4v) is 3.62. The number of hydrogen-bond acceptors (Lipinski definition) is 4. The average molecular weight is 401 g/mol. The van der Waals surface area contributed by atoms with Crippen molar-refractivity contribution in [1.29, 1.82) is 0 Å². The monoisotopic (exact) mass is 401 g/mol. The van der Waals surface area contributed by atoms with Gasteiger partial charge in [-0.2, -0.15) is 0 Å². The minimum atomic E-state index is -0.325. The average Bonchev–Trinajstić information content (AvgIpc) is 2.77. The van der Waals surface area contributed by atoms with Crippen LogP contribution in [0.15, 0.2) is 65.5 Å². The lowest BCUT2D eigenvalue weighted by Crippen LogP contribution is -2.31. The van der Waals surface area contributed by atoms with Crippen LogP contribution in [0.2, 0.25) is 0 Å². The summed E-state index contributed by atoms with van der Waals surface area (Å²) in [6.45, 7) is 2.12. The highest BCUT2D eigenvalue weighted by Crippen LogP contribution is 2.26. The van der Waals surface area contributed by atoms with Crippen LogP contribution in [0.3, 0.4) is 0 Å². The van der Waals surface area contributed by atoms with Crippen LogP contribution < -0.4 is 10.3 Å². The summed E-state index contributed by atoms with van der Waals surface area (Å²) in [4.78, 5) is 34.1. The Balaban J connectivity index is 1.55. The van der Waals surface area contributed by atoms with Crippen molar-refractivity contribution in [3.8, 4) is 5.75 Å². The number of nitrogens with zero attached hydrogens (tertiary/aromatic N) is 2. The first kappa shape index (κ1) is 19.6. The summed E-state index contributed by atoms with van der Waals surface area (Å²) in [5.41, 5.74) is 1.36. The fourth-order valence-electron chi connectivity index (χ4n) is 3.62. The largest absolute Gasteiger partial charge is 0.497 e. The van der Waals surface area contributed by atoms with Crippen LogP contribution in [0.1, 0.15) is 24.2 Å². The Labute approximate surface area is 174 Å². The third kappa shape index (κ3) is 3.76. The summed E-state index contributed by atoms with van der Waals surface area (Å²) in [5, 5.41) is 2.65. The Kier molecular flexibility index (Phi) is 5.23. The van der Waals surface area contributed by atoms with Gasteiger partial charge >= 0.3 is 0 Å². The highest BCUT2D eigenvalue weighted by Gasteiger charge is 2.20. The second-order valence-electron chi connectivity index (χ2n) is 7.42. The van der Waals surface area contributed by atoms with Gasteiger partial charge in [0.25, 0.3) is 5.56 Å². The number of rotatable bonds is 5. The van der Waals surface area contributed by atoms with Gasteiger partial charge in [0, 0.05) is 7.05 Å². The predicted octanol–water partition coefficient (Wildman–Crippen LogP) is 3.85. The molecule has 0 aliphatic rings. The number of fused-ring (bicyclic) bond motifs is 2. The number of benzene rings is 3. The van der Waals surface area contributed by atoms with Gasteiger partial charge in [-0.25, -0.2) is 4.98 Å². The van der Waals surface area contributed by atoms with Crippen molar-refractivity contribution in [3.63, 3.8) is 0 Å². The van der Waals surface area contributed by atoms with E-state index in [4.69, 9.17) is 4.74 Å². The van der Waals surface area contributed by atoms with Crippen molar-refractivity contribution in [2.24, 2.45) is 0 Å². The summed E-state index contributed by atoms with van der Waals surface area (Å²) in [7, 11) is 3.36. The Morgan fingerprint density at radius 2 is 1.83 bits per heavy atom. The van der Waals surface area contributed by atoms with Crippen molar-refractivity contribution in [3.05, 3.63) is 82.4 Å². The molecule has 0 saturated carbocycles. The molecule has 0 aliphatic heterocycles. The molecule has 0 spiro atoms. The lowest BCUT2D eigenvalue weighted by atomic mass is 9.96. The van der Waals surface area contributed by atoms with Gasteiger partial charge in [0.05, 0.1) is 30.5 Å². The number of carbonyl (C=O) groups excluding carboxylic acids is 1.